The number of ether oxygens (including phenoxy) is 3. The van der Waals surface area contributed by atoms with E-state index in [1.54, 1.807) is 37.4 Å². The van der Waals surface area contributed by atoms with Gasteiger partial charge in [-0.05, 0) is 42.8 Å². The molecule has 1 heterocycles. The first kappa shape index (κ1) is 20.8. The third kappa shape index (κ3) is 5.35. The summed E-state index contributed by atoms with van der Waals surface area (Å²) in [6.07, 6.45) is -4.72. The second-order valence-electron chi connectivity index (χ2n) is 5.82. The Kier molecular flexibility index (Phi) is 6.21. The molecule has 0 radical (unpaired) electrons. The molecule has 154 valence electrons. The van der Waals surface area contributed by atoms with Gasteiger partial charge in [-0.3, -0.25) is 0 Å². The number of rotatable bonds is 7. The molecule has 1 aromatic heterocycles. The van der Waals surface area contributed by atoms with Gasteiger partial charge in [0, 0.05) is 10.8 Å². The first-order valence-electron chi connectivity index (χ1n) is 8.37. The third-order valence-corrected chi connectivity index (χ3v) is 4.89. The van der Waals surface area contributed by atoms with Gasteiger partial charge in [-0.15, -0.1) is 23.4 Å². The summed E-state index contributed by atoms with van der Waals surface area (Å²) >= 11 is 1.29. The molecule has 3 aromatic rings. The van der Waals surface area contributed by atoms with Crippen LogP contribution in [-0.4, -0.2) is 30.8 Å². The maximum atomic E-state index is 12.3. The SMILES string of the molecule is COc1ccc(-c2nnc(SC(C)c3ccc(OC(F)(F)F)cc3)o2)cc1OC. The normalized spacial score (nSPS) is 12.5. The summed E-state index contributed by atoms with van der Waals surface area (Å²) in [6.45, 7) is 1.88. The lowest BCUT2D eigenvalue weighted by molar-refractivity contribution is -0.274. The highest BCUT2D eigenvalue weighted by Crippen LogP contribution is 2.37. The summed E-state index contributed by atoms with van der Waals surface area (Å²) in [5, 5.41) is 8.26. The van der Waals surface area contributed by atoms with Crippen LogP contribution < -0.4 is 14.2 Å². The summed E-state index contributed by atoms with van der Waals surface area (Å²) < 4.78 is 56.8. The van der Waals surface area contributed by atoms with Gasteiger partial charge in [-0.2, -0.15) is 0 Å². The number of methoxy groups -OCH3 is 2. The van der Waals surface area contributed by atoms with Crippen molar-refractivity contribution in [2.45, 2.75) is 23.8 Å². The fourth-order valence-electron chi connectivity index (χ4n) is 2.50. The van der Waals surface area contributed by atoms with E-state index in [9.17, 15) is 13.2 Å². The van der Waals surface area contributed by atoms with E-state index in [1.807, 2.05) is 6.92 Å². The third-order valence-electron chi connectivity index (χ3n) is 3.90. The summed E-state index contributed by atoms with van der Waals surface area (Å²) in [5.41, 5.74) is 1.46. The van der Waals surface area contributed by atoms with E-state index in [2.05, 4.69) is 14.9 Å². The summed E-state index contributed by atoms with van der Waals surface area (Å²) in [6, 6.07) is 10.9. The van der Waals surface area contributed by atoms with Crippen LogP contribution in [0.1, 0.15) is 17.7 Å². The quantitative estimate of drug-likeness (QED) is 0.462. The van der Waals surface area contributed by atoms with Crippen molar-refractivity contribution in [2.75, 3.05) is 14.2 Å². The lowest BCUT2D eigenvalue weighted by Crippen LogP contribution is -2.17. The minimum atomic E-state index is -4.72. The van der Waals surface area contributed by atoms with Crippen LogP contribution in [0.15, 0.2) is 52.1 Å². The molecular formula is C19H17F3N2O4S. The Balaban J connectivity index is 1.70. The number of alkyl halides is 3. The predicted molar refractivity (Wildman–Crippen MR) is 100 cm³/mol. The number of nitrogens with zero attached hydrogens (tertiary/aromatic N) is 2. The van der Waals surface area contributed by atoms with Crippen LogP contribution in [0.5, 0.6) is 17.2 Å². The number of hydrogen-bond donors (Lipinski definition) is 0. The molecule has 3 rings (SSSR count). The minimum absolute atomic E-state index is 0.131. The lowest BCUT2D eigenvalue weighted by Gasteiger charge is -2.11. The first-order chi connectivity index (χ1) is 13.8. The van der Waals surface area contributed by atoms with Crippen molar-refractivity contribution in [1.29, 1.82) is 0 Å². The Bertz CT molecular complexity index is 961. The predicted octanol–water partition coefficient (Wildman–Crippen LogP) is 5.51. The van der Waals surface area contributed by atoms with E-state index in [1.165, 1.54) is 31.0 Å². The van der Waals surface area contributed by atoms with Crippen LogP contribution in [0.3, 0.4) is 0 Å². The molecule has 0 aliphatic heterocycles. The molecule has 0 bridgehead atoms. The molecule has 0 saturated carbocycles. The van der Waals surface area contributed by atoms with E-state index >= 15 is 0 Å². The van der Waals surface area contributed by atoms with Gasteiger partial charge in [-0.1, -0.05) is 23.9 Å². The highest BCUT2D eigenvalue weighted by atomic mass is 32.2. The van der Waals surface area contributed by atoms with Crippen LogP contribution >= 0.6 is 11.8 Å². The zero-order valence-corrected chi connectivity index (χ0v) is 16.5. The number of hydrogen-bond acceptors (Lipinski definition) is 7. The van der Waals surface area contributed by atoms with Gasteiger partial charge >= 0.3 is 6.36 Å². The molecule has 0 spiro atoms. The van der Waals surface area contributed by atoms with Gasteiger partial charge < -0.3 is 18.6 Å². The van der Waals surface area contributed by atoms with Gasteiger partial charge in [-0.25, -0.2) is 0 Å². The number of aromatic nitrogens is 2. The van der Waals surface area contributed by atoms with Crippen molar-refractivity contribution < 1.29 is 31.8 Å². The highest BCUT2D eigenvalue weighted by Gasteiger charge is 2.31. The van der Waals surface area contributed by atoms with Crippen molar-refractivity contribution in [3.05, 3.63) is 48.0 Å². The molecule has 0 fully saturated rings. The molecule has 1 unspecified atom stereocenters. The Morgan fingerprint density at radius 2 is 1.66 bits per heavy atom. The average Bonchev–Trinajstić information content (AvgIpc) is 3.15. The van der Waals surface area contributed by atoms with Crippen LogP contribution in [0.2, 0.25) is 0 Å². The second-order valence-corrected chi connectivity index (χ2v) is 7.11. The molecule has 1 atom stereocenters. The molecule has 10 heteroatoms. The van der Waals surface area contributed by atoms with E-state index < -0.39 is 6.36 Å². The van der Waals surface area contributed by atoms with Gasteiger partial charge in [0.1, 0.15) is 5.75 Å². The van der Waals surface area contributed by atoms with Crippen molar-refractivity contribution >= 4 is 11.8 Å². The topological polar surface area (TPSA) is 66.6 Å². The van der Waals surface area contributed by atoms with Crippen LogP contribution in [0.25, 0.3) is 11.5 Å². The molecule has 0 amide bonds. The fourth-order valence-corrected chi connectivity index (χ4v) is 3.31. The molecule has 0 saturated heterocycles. The van der Waals surface area contributed by atoms with E-state index in [4.69, 9.17) is 13.9 Å². The van der Waals surface area contributed by atoms with Crippen LogP contribution in [0.4, 0.5) is 13.2 Å². The van der Waals surface area contributed by atoms with Crippen molar-refractivity contribution in [2.24, 2.45) is 0 Å². The Morgan fingerprint density at radius 1 is 0.966 bits per heavy atom. The molecule has 0 N–H and O–H groups in total. The van der Waals surface area contributed by atoms with Crippen molar-refractivity contribution in [3.8, 4) is 28.7 Å². The number of halogens is 3. The Morgan fingerprint density at radius 3 is 2.28 bits per heavy atom. The monoisotopic (exact) mass is 426 g/mol. The Hall–Kier alpha value is -2.88. The zero-order valence-electron chi connectivity index (χ0n) is 15.7. The zero-order chi connectivity index (χ0) is 21.0. The smallest absolute Gasteiger partial charge is 0.493 e. The highest BCUT2D eigenvalue weighted by molar-refractivity contribution is 7.99. The van der Waals surface area contributed by atoms with E-state index in [-0.39, 0.29) is 11.0 Å². The van der Waals surface area contributed by atoms with Crippen LogP contribution in [-0.2, 0) is 0 Å². The number of benzene rings is 2. The minimum Gasteiger partial charge on any atom is -0.493 e. The van der Waals surface area contributed by atoms with Gasteiger partial charge in [0.2, 0.25) is 5.89 Å². The summed E-state index contributed by atoms with van der Waals surface area (Å²) in [7, 11) is 3.07. The maximum Gasteiger partial charge on any atom is 0.573 e. The van der Waals surface area contributed by atoms with Gasteiger partial charge in [0.05, 0.1) is 14.2 Å². The molecule has 0 aliphatic rings. The molecule has 6 nitrogen and oxygen atoms in total. The average molecular weight is 426 g/mol. The standard InChI is InChI=1S/C19H17F3N2O4S/c1-11(12-4-7-14(8-5-12)28-19(20,21)22)29-18-24-23-17(27-18)13-6-9-15(25-2)16(10-13)26-3/h4-11H,1-3H3. The lowest BCUT2D eigenvalue weighted by atomic mass is 10.2. The van der Waals surface area contributed by atoms with E-state index in [0.717, 1.165) is 5.56 Å². The molecule has 0 aliphatic carbocycles. The Labute approximate surface area is 169 Å². The molecule has 29 heavy (non-hydrogen) atoms. The van der Waals surface area contributed by atoms with E-state index in [0.29, 0.717) is 28.2 Å². The summed E-state index contributed by atoms with van der Waals surface area (Å²) in [5.74, 6) is 1.16. The van der Waals surface area contributed by atoms with Crippen molar-refractivity contribution in [3.63, 3.8) is 0 Å². The second kappa shape index (κ2) is 8.64. The fraction of sp³-hybridized carbons (Fsp3) is 0.263. The van der Waals surface area contributed by atoms with Gasteiger partial charge in [0.15, 0.2) is 11.5 Å². The number of thioether (sulfide) groups is 1. The van der Waals surface area contributed by atoms with Crippen LogP contribution in [0, 0.1) is 0 Å². The largest absolute Gasteiger partial charge is 0.573 e. The first-order valence-corrected chi connectivity index (χ1v) is 9.25. The van der Waals surface area contributed by atoms with Crippen molar-refractivity contribution in [1.82, 2.24) is 10.2 Å². The van der Waals surface area contributed by atoms with Gasteiger partial charge in [0.25, 0.3) is 5.22 Å². The summed E-state index contributed by atoms with van der Waals surface area (Å²) in [4.78, 5) is 0. The molecular weight excluding hydrogens is 409 g/mol. The maximum absolute atomic E-state index is 12.3. The molecule has 2 aromatic carbocycles.